The summed E-state index contributed by atoms with van der Waals surface area (Å²) in [4.78, 5) is 10.6. The molecular weight excluding hydrogens is 142 g/mol. The smallest absolute Gasteiger partial charge is 0.406 e. The molecule has 0 saturated carbocycles. The minimum absolute atomic E-state index is 0.300. The van der Waals surface area contributed by atoms with E-state index in [4.69, 9.17) is 0 Å². The van der Waals surface area contributed by atoms with E-state index >= 15 is 0 Å². The van der Waals surface area contributed by atoms with Crippen LogP contribution in [-0.4, -0.2) is 19.7 Å². The standard InChI is InChI=1S/C8H15NO2/c1-6(2)7(3)5-9-8(10)11-4/h7H,1,5H2,2-4H3,(H,9,10). The molecule has 11 heavy (non-hydrogen) atoms. The Kier molecular flexibility index (Phi) is 4.34. The first kappa shape index (κ1) is 10.0. The second-order valence-electron chi connectivity index (χ2n) is 2.62. The second-order valence-corrected chi connectivity index (χ2v) is 2.62. The van der Waals surface area contributed by atoms with Crippen LogP contribution in [0.3, 0.4) is 0 Å². The number of amides is 1. The maximum atomic E-state index is 10.6. The third kappa shape index (κ3) is 4.42. The van der Waals surface area contributed by atoms with Crippen molar-refractivity contribution in [1.82, 2.24) is 5.32 Å². The highest BCUT2D eigenvalue weighted by molar-refractivity contribution is 5.66. The molecule has 1 N–H and O–H groups in total. The largest absolute Gasteiger partial charge is 0.453 e. The highest BCUT2D eigenvalue weighted by Crippen LogP contribution is 2.04. The van der Waals surface area contributed by atoms with Gasteiger partial charge >= 0.3 is 6.09 Å². The van der Waals surface area contributed by atoms with Gasteiger partial charge in [0.25, 0.3) is 0 Å². The predicted molar refractivity (Wildman–Crippen MR) is 44.4 cm³/mol. The number of hydrogen-bond acceptors (Lipinski definition) is 2. The summed E-state index contributed by atoms with van der Waals surface area (Å²) in [5.41, 5.74) is 1.06. The van der Waals surface area contributed by atoms with E-state index in [0.29, 0.717) is 12.5 Å². The van der Waals surface area contributed by atoms with Gasteiger partial charge in [-0.1, -0.05) is 19.1 Å². The molecule has 0 fully saturated rings. The van der Waals surface area contributed by atoms with E-state index < -0.39 is 6.09 Å². The van der Waals surface area contributed by atoms with Crippen LogP contribution in [0.15, 0.2) is 12.2 Å². The van der Waals surface area contributed by atoms with Crippen LogP contribution in [0.1, 0.15) is 13.8 Å². The lowest BCUT2D eigenvalue weighted by Gasteiger charge is -2.10. The first-order valence-electron chi connectivity index (χ1n) is 3.55. The molecule has 1 atom stereocenters. The summed E-state index contributed by atoms with van der Waals surface area (Å²) in [7, 11) is 1.35. The Hall–Kier alpha value is -0.990. The fourth-order valence-corrected chi connectivity index (χ4v) is 0.483. The molecule has 3 heteroatoms. The molecule has 0 heterocycles. The monoisotopic (exact) mass is 157 g/mol. The summed E-state index contributed by atoms with van der Waals surface area (Å²) < 4.78 is 4.40. The van der Waals surface area contributed by atoms with Gasteiger partial charge in [0.15, 0.2) is 0 Å². The number of carbonyl (C=O) groups excluding carboxylic acids is 1. The van der Waals surface area contributed by atoms with Crippen molar-refractivity contribution in [3.05, 3.63) is 12.2 Å². The summed E-state index contributed by atoms with van der Waals surface area (Å²) >= 11 is 0. The van der Waals surface area contributed by atoms with E-state index in [-0.39, 0.29) is 0 Å². The summed E-state index contributed by atoms with van der Waals surface area (Å²) in [6, 6.07) is 0. The Labute approximate surface area is 67.4 Å². The predicted octanol–water partition coefficient (Wildman–Crippen LogP) is 1.55. The first-order chi connectivity index (χ1) is 5.07. The molecule has 0 bridgehead atoms. The van der Waals surface area contributed by atoms with E-state index in [9.17, 15) is 4.79 Å². The fraction of sp³-hybridized carbons (Fsp3) is 0.625. The number of methoxy groups -OCH3 is 1. The molecule has 0 saturated heterocycles. The normalized spacial score (nSPS) is 11.9. The zero-order valence-electron chi connectivity index (χ0n) is 7.31. The van der Waals surface area contributed by atoms with Crippen molar-refractivity contribution < 1.29 is 9.53 Å². The lowest BCUT2D eigenvalue weighted by atomic mass is 10.1. The van der Waals surface area contributed by atoms with Gasteiger partial charge in [0.05, 0.1) is 7.11 Å². The van der Waals surface area contributed by atoms with Crippen LogP contribution in [0.4, 0.5) is 4.79 Å². The van der Waals surface area contributed by atoms with Gasteiger partial charge in [-0.15, -0.1) is 0 Å². The van der Waals surface area contributed by atoms with E-state index in [2.05, 4.69) is 16.6 Å². The average molecular weight is 157 g/mol. The van der Waals surface area contributed by atoms with Crippen LogP contribution in [-0.2, 0) is 4.74 Å². The van der Waals surface area contributed by atoms with Gasteiger partial charge in [0.2, 0.25) is 0 Å². The molecule has 0 spiro atoms. The molecule has 3 nitrogen and oxygen atoms in total. The van der Waals surface area contributed by atoms with Gasteiger partial charge in [-0.2, -0.15) is 0 Å². The number of rotatable bonds is 3. The van der Waals surface area contributed by atoms with Crippen LogP contribution < -0.4 is 5.32 Å². The van der Waals surface area contributed by atoms with Gasteiger partial charge in [-0.3, -0.25) is 0 Å². The van der Waals surface area contributed by atoms with Gasteiger partial charge in [0, 0.05) is 6.54 Å². The summed E-state index contributed by atoms with van der Waals surface area (Å²) in [6.45, 7) is 8.28. The molecule has 0 aromatic heterocycles. The van der Waals surface area contributed by atoms with Gasteiger partial charge in [0.1, 0.15) is 0 Å². The molecule has 0 aliphatic heterocycles. The zero-order valence-corrected chi connectivity index (χ0v) is 7.31. The van der Waals surface area contributed by atoms with E-state index in [1.807, 2.05) is 13.8 Å². The SMILES string of the molecule is C=C(C)C(C)CNC(=O)OC. The van der Waals surface area contributed by atoms with Crippen LogP contribution in [0.25, 0.3) is 0 Å². The molecule has 1 unspecified atom stereocenters. The summed E-state index contributed by atoms with van der Waals surface area (Å²) in [5, 5.41) is 2.59. The van der Waals surface area contributed by atoms with Gasteiger partial charge < -0.3 is 10.1 Å². The number of hydrogen-bond donors (Lipinski definition) is 1. The quantitative estimate of drug-likeness (QED) is 0.631. The Bertz CT molecular complexity index is 154. The second kappa shape index (κ2) is 4.77. The minimum Gasteiger partial charge on any atom is -0.453 e. The molecule has 0 rings (SSSR count). The van der Waals surface area contributed by atoms with Gasteiger partial charge in [-0.25, -0.2) is 4.79 Å². The van der Waals surface area contributed by atoms with Crippen LogP contribution in [0.2, 0.25) is 0 Å². The van der Waals surface area contributed by atoms with Crippen molar-refractivity contribution in [1.29, 1.82) is 0 Å². The van der Waals surface area contributed by atoms with E-state index in [1.165, 1.54) is 7.11 Å². The zero-order chi connectivity index (χ0) is 8.85. The molecule has 1 amide bonds. The summed E-state index contributed by atoms with van der Waals surface area (Å²) in [6.07, 6.45) is -0.391. The Morgan fingerprint density at radius 3 is 2.64 bits per heavy atom. The summed E-state index contributed by atoms with van der Waals surface area (Å²) in [5.74, 6) is 0.300. The lowest BCUT2D eigenvalue weighted by molar-refractivity contribution is 0.170. The maximum Gasteiger partial charge on any atom is 0.406 e. The van der Waals surface area contributed by atoms with Crippen molar-refractivity contribution in [3.8, 4) is 0 Å². The Morgan fingerprint density at radius 2 is 2.27 bits per heavy atom. The Morgan fingerprint density at radius 1 is 1.73 bits per heavy atom. The van der Waals surface area contributed by atoms with E-state index in [0.717, 1.165) is 5.57 Å². The number of alkyl carbamates (subject to hydrolysis) is 1. The van der Waals surface area contributed by atoms with Crippen LogP contribution in [0, 0.1) is 5.92 Å². The molecule has 0 radical (unpaired) electrons. The Balaban J connectivity index is 3.54. The minimum atomic E-state index is -0.391. The molecular formula is C8H15NO2. The number of nitrogens with one attached hydrogen (secondary N) is 1. The third-order valence-electron chi connectivity index (χ3n) is 1.58. The molecule has 0 aromatic rings. The van der Waals surface area contributed by atoms with Crippen molar-refractivity contribution in [2.45, 2.75) is 13.8 Å². The van der Waals surface area contributed by atoms with Crippen LogP contribution in [0.5, 0.6) is 0 Å². The third-order valence-corrected chi connectivity index (χ3v) is 1.58. The average Bonchev–Trinajstić information content (AvgIpc) is 1.99. The lowest BCUT2D eigenvalue weighted by Crippen LogP contribution is -2.28. The maximum absolute atomic E-state index is 10.6. The molecule has 0 aromatic carbocycles. The number of carbonyl (C=O) groups is 1. The highest BCUT2D eigenvalue weighted by Gasteiger charge is 2.04. The van der Waals surface area contributed by atoms with Crippen molar-refractivity contribution in [3.63, 3.8) is 0 Å². The van der Waals surface area contributed by atoms with Gasteiger partial charge in [-0.05, 0) is 12.8 Å². The van der Waals surface area contributed by atoms with Crippen molar-refractivity contribution in [2.24, 2.45) is 5.92 Å². The fourth-order valence-electron chi connectivity index (χ4n) is 0.483. The molecule has 0 aliphatic carbocycles. The molecule has 0 aliphatic rings. The first-order valence-corrected chi connectivity index (χ1v) is 3.55. The van der Waals surface area contributed by atoms with Crippen molar-refractivity contribution >= 4 is 6.09 Å². The van der Waals surface area contributed by atoms with Crippen LogP contribution >= 0.6 is 0 Å². The number of ether oxygens (including phenoxy) is 1. The van der Waals surface area contributed by atoms with E-state index in [1.54, 1.807) is 0 Å². The topological polar surface area (TPSA) is 38.3 Å². The van der Waals surface area contributed by atoms with Crippen molar-refractivity contribution in [2.75, 3.05) is 13.7 Å². The highest BCUT2D eigenvalue weighted by atomic mass is 16.5. The molecule has 64 valence electrons.